The Bertz CT molecular complexity index is 670. The van der Waals surface area contributed by atoms with Crippen molar-refractivity contribution in [1.82, 2.24) is 0 Å². The summed E-state index contributed by atoms with van der Waals surface area (Å²) >= 11 is 4.66. The van der Waals surface area contributed by atoms with Gasteiger partial charge in [-0.05, 0) is 46.3 Å². The van der Waals surface area contributed by atoms with Gasteiger partial charge in [-0.1, -0.05) is 0 Å². The third-order valence-electron chi connectivity index (χ3n) is 2.59. The van der Waals surface area contributed by atoms with Crippen molar-refractivity contribution in [3.8, 4) is 5.75 Å². The van der Waals surface area contributed by atoms with Gasteiger partial charge in [-0.2, -0.15) is 13.2 Å². The number of nitrogens with two attached hydrogens (primary N) is 1. The molecule has 0 radical (unpaired) electrons. The first kappa shape index (κ1) is 15.8. The summed E-state index contributed by atoms with van der Waals surface area (Å²) in [7, 11) is 0. The van der Waals surface area contributed by atoms with Crippen LogP contribution in [0.25, 0.3) is 0 Å². The fraction of sp³-hybridized carbons (Fsp3) is 0.154. The fourth-order valence-electron chi connectivity index (χ4n) is 1.62. The Kier molecular flexibility index (Phi) is 4.58. The molecule has 2 aromatic rings. The average Bonchev–Trinajstić information content (AvgIpc) is 2.81. The molecule has 0 bridgehead atoms. The van der Waals surface area contributed by atoms with Crippen molar-refractivity contribution in [2.45, 2.75) is 12.8 Å². The highest BCUT2D eigenvalue weighted by Gasteiger charge is 2.35. The maximum absolute atomic E-state index is 13.0. The van der Waals surface area contributed by atoms with Crippen molar-refractivity contribution in [3.05, 3.63) is 50.1 Å². The molecular weight excluding hydrogens is 369 g/mol. The molecule has 0 spiro atoms. The molecule has 0 aliphatic heterocycles. The lowest BCUT2D eigenvalue weighted by Crippen LogP contribution is -2.14. The zero-order valence-corrected chi connectivity index (χ0v) is 12.9. The molecule has 0 saturated carbocycles. The van der Waals surface area contributed by atoms with Crippen LogP contribution in [0, 0.1) is 5.41 Å². The molecule has 0 saturated heterocycles. The van der Waals surface area contributed by atoms with E-state index in [1.165, 1.54) is 23.5 Å². The Hall–Kier alpha value is -1.54. The number of nitrogens with one attached hydrogen (secondary N) is 1. The summed E-state index contributed by atoms with van der Waals surface area (Å²) in [5.41, 5.74) is 4.28. The minimum absolute atomic E-state index is 0.00791. The van der Waals surface area contributed by atoms with E-state index >= 15 is 0 Å². The van der Waals surface area contributed by atoms with Crippen LogP contribution in [0.4, 0.5) is 13.2 Å². The number of benzene rings is 1. The SMILES string of the molecule is N=C(N)c1ccc(OCc2ccc(Br)s2)c(C(F)(F)F)c1. The van der Waals surface area contributed by atoms with Crippen molar-refractivity contribution >= 4 is 33.1 Å². The van der Waals surface area contributed by atoms with E-state index in [1.807, 2.05) is 0 Å². The molecule has 1 aromatic carbocycles. The van der Waals surface area contributed by atoms with Gasteiger partial charge < -0.3 is 10.5 Å². The normalized spacial score (nSPS) is 11.4. The summed E-state index contributed by atoms with van der Waals surface area (Å²) in [5, 5.41) is 7.21. The van der Waals surface area contributed by atoms with Crippen LogP contribution in [0.15, 0.2) is 34.1 Å². The highest BCUT2D eigenvalue weighted by Crippen LogP contribution is 2.37. The van der Waals surface area contributed by atoms with Crippen LogP contribution in [0.1, 0.15) is 16.0 Å². The summed E-state index contributed by atoms with van der Waals surface area (Å²) < 4.78 is 45.2. The summed E-state index contributed by atoms with van der Waals surface area (Å²) in [6.45, 7) is 0.0404. The van der Waals surface area contributed by atoms with Crippen molar-refractivity contribution in [2.75, 3.05) is 0 Å². The van der Waals surface area contributed by atoms with Gasteiger partial charge in [0.15, 0.2) is 0 Å². The van der Waals surface area contributed by atoms with E-state index in [-0.39, 0.29) is 17.9 Å². The number of alkyl halides is 3. The van der Waals surface area contributed by atoms with Gasteiger partial charge in [-0.15, -0.1) is 11.3 Å². The Labute approximate surface area is 131 Å². The predicted octanol–water partition coefficient (Wildman–Crippen LogP) is 4.39. The van der Waals surface area contributed by atoms with E-state index in [0.717, 1.165) is 14.7 Å². The zero-order chi connectivity index (χ0) is 15.6. The molecule has 3 nitrogen and oxygen atoms in total. The third kappa shape index (κ3) is 3.98. The van der Waals surface area contributed by atoms with E-state index in [1.54, 1.807) is 12.1 Å². The van der Waals surface area contributed by atoms with Crippen molar-refractivity contribution in [3.63, 3.8) is 0 Å². The molecule has 0 fully saturated rings. The van der Waals surface area contributed by atoms with Gasteiger partial charge in [-0.25, -0.2) is 0 Å². The highest BCUT2D eigenvalue weighted by molar-refractivity contribution is 9.11. The number of rotatable bonds is 4. The van der Waals surface area contributed by atoms with E-state index in [0.29, 0.717) is 0 Å². The molecule has 21 heavy (non-hydrogen) atoms. The second-order valence-electron chi connectivity index (χ2n) is 4.12. The second kappa shape index (κ2) is 6.07. The summed E-state index contributed by atoms with van der Waals surface area (Å²) in [5.74, 6) is -0.703. The number of hydrogen-bond acceptors (Lipinski definition) is 3. The van der Waals surface area contributed by atoms with E-state index in [9.17, 15) is 13.2 Å². The van der Waals surface area contributed by atoms with Gasteiger partial charge in [0, 0.05) is 10.4 Å². The quantitative estimate of drug-likeness (QED) is 0.612. The first-order valence-corrected chi connectivity index (χ1v) is 7.31. The standard InChI is InChI=1S/C13H10BrF3N2OS/c14-11-4-2-8(21-11)6-20-10-3-1-7(12(18)19)5-9(10)13(15,16)17/h1-5H,6H2,(H3,18,19). The maximum atomic E-state index is 13.0. The molecule has 2 rings (SSSR count). The summed E-state index contributed by atoms with van der Waals surface area (Å²) in [6, 6.07) is 6.90. The number of ether oxygens (including phenoxy) is 1. The van der Waals surface area contributed by atoms with E-state index < -0.39 is 17.6 Å². The van der Waals surface area contributed by atoms with Gasteiger partial charge in [0.2, 0.25) is 0 Å². The molecule has 1 aromatic heterocycles. The minimum Gasteiger partial charge on any atom is -0.487 e. The number of amidine groups is 1. The molecule has 8 heteroatoms. The van der Waals surface area contributed by atoms with Crippen molar-refractivity contribution < 1.29 is 17.9 Å². The van der Waals surface area contributed by atoms with Gasteiger partial charge in [-0.3, -0.25) is 5.41 Å². The average molecular weight is 379 g/mol. The number of hydrogen-bond donors (Lipinski definition) is 2. The third-order valence-corrected chi connectivity index (χ3v) is 4.19. The number of thiophene rings is 1. The van der Waals surface area contributed by atoms with Gasteiger partial charge in [0.25, 0.3) is 0 Å². The Balaban J connectivity index is 2.27. The van der Waals surface area contributed by atoms with Crippen LogP contribution in [0.3, 0.4) is 0 Å². The van der Waals surface area contributed by atoms with Crippen LogP contribution in [0.2, 0.25) is 0 Å². The molecule has 0 aliphatic rings. The Morgan fingerprint density at radius 2 is 2.00 bits per heavy atom. The number of nitrogen functional groups attached to an aromatic ring is 1. The molecule has 0 unspecified atom stereocenters. The minimum atomic E-state index is -4.57. The smallest absolute Gasteiger partial charge is 0.419 e. The van der Waals surface area contributed by atoms with Crippen LogP contribution in [-0.2, 0) is 12.8 Å². The van der Waals surface area contributed by atoms with Gasteiger partial charge in [0.05, 0.1) is 9.35 Å². The van der Waals surface area contributed by atoms with Gasteiger partial charge >= 0.3 is 6.18 Å². The van der Waals surface area contributed by atoms with Crippen molar-refractivity contribution in [1.29, 1.82) is 5.41 Å². The monoisotopic (exact) mass is 378 g/mol. The van der Waals surface area contributed by atoms with E-state index in [2.05, 4.69) is 15.9 Å². The zero-order valence-electron chi connectivity index (χ0n) is 10.5. The summed E-state index contributed by atoms with van der Waals surface area (Å²) in [4.78, 5) is 0.797. The molecular formula is C13H10BrF3N2OS. The van der Waals surface area contributed by atoms with E-state index in [4.69, 9.17) is 15.9 Å². The lowest BCUT2D eigenvalue weighted by molar-refractivity contribution is -0.139. The Morgan fingerprint density at radius 1 is 1.29 bits per heavy atom. The Morgan fingerprint density at radius 3 is 2.52 bits per heavy atom. The fourth-order valence-corrected chi connectivity index (χ4v) is 3.02. The first-order chi connectivity index (χ1) is 9.77. The lowest BCUT2D eigenvalue weighted by atomic mass is 10.1. The molecule has 1 heterocycles. The van der Waals surface area contributed by atoms with Crippen LogP contribution in [-0.4, -0.2) is 5.84 Å². The molecule has 3 N–H and O–H groups in total. The van der Waals surface area contributed by atoms with Crippen molar-refractivity contribution in [2.24, 2.45) is 5.73 Å². The van der Waals surface area contributed by atoms with Crippen LogP contribution >= 0.6 is 27.3 Å². The molecule has 0 aliphatic carbocycles. The summed E-state index contributed by atoms with van der Waals surface area (Å²) in [6.07, 6.45) is -4.57. The topological polar surface area (TPSA) is 59.1 Å². The maximum Gasteiger partial charge on any atom is 0.419 e. The largest absolute Gasteiger partial charge is 0.487 e. The lowest BCUT2D eigenvalue weighted by Gasteiger charge is -2.14. The number of halogens is 4. The molecule has 0 atom stereocenters. The first-order valence-electron chi connectivity index (χ1n) is 5.70. The molecule has 0 amide bonds. The van der Waals surface area contributed by atoms with Crippen LogP contribution < -0.4 is 10.5 Å². The highest BCUT2D eigenvalue weighted by atomic mass is 79.9. The molecule has 112 valence electrons. The van der Waals surface area contributed by atoms with Gasteiger partial charge in [0.1, 0.15) is 18.2 Å². The second-order valence-corrected chi connectivity index (χ2v) is 6.66. The van der Waals surface area contributed by atoms with Crippen LogP contribution in [0.5, 0.6) is 5.75 Å². The predicted molar refractivity (Wildman–Crippen MR) is 78.8 cm³/mol.